The number of anilines is 1. The fourth-order valence-corrected chi connectivity index (χ4v) is 2.89. The molecule has 1 amide bonds. The van der Waals surface area contributed by atoms with Gasteiger partial charge < -0.3 is 10.0 Å². The Morgan fingerprint density at radius 2 is 2.16 bits per heavy atom. The molecule has 104 valence electrons. The highest BCUT2D eigenvalue weighted by atomic mass is 79.9. The number of carbonyl (C=O) groups is 1. The van der Waals surface area contributed by atoms with Gasteiger partial charge in [-0.05, 0) is 38.6 Å². The summed E-state index contributed by atoms with van der Waals surface area (Å²) in [6, 6.07) is 5.55. The third kappa shape index (κ3) is 2.68. The quantitative estimate of drug-likeness (QED) is 0.901. The minimum Gasteiger partial charge on any atom is -0.394 e. The van der Waals surface area contributed by atoms with E-state index in [0.29, 0.717) is 0 Å². The van der Waals surface area contributed by atoms with Crippen molar-refractivity contribution < 1.29 is 9.90 Å². The van der Waals surface area contributed by atoms with E-state index in [-0.39, 0.29) is 18.6 Å². The number of halogens is 1. The van der Waals surface area contributed by atoms with Crippen molar-refractivity contribution in [3.8, 4) is 0 Å². The van der Waals surface area contributed by atoms with Crippen molar-refractivity contribution in [1.29, 1.82) is 0 Å². The van der Waals surface area contributed by atoms with Gasteiger partial charge in [-0.3, -0.25) is 9.69 Å². The standard InChI is InChI=1S/C14H19BrN2O2/c1-9-4-5-11(6-12(9)15)17-10(2)7-16(3)13(8-18)14(17)19/h4-6,10,13,18H,7-8H2,1-3H3. The van der Waals surface area contributed by atoms with Crippen molar-refractivity contribution in [2.24, 2.45) is 0 Å². The second-order valence-electron chi connectivity index (χ2n) is 5.13. The molecule has 4 nitrogen and oxygen atoms in total. The molecule has 2 unspecified atom stereocenters. The van der Waals surface area contributed by atoms with Crippen LogP contribution in [0.15, 0.2) is 22.7 Å². The Balaban J connectivity index is 2.36. The number of nitrogens with zero attached hydrogens (tertiary/aromatic N) is 2. The lowest BCUT2D eigenvalue weighted by molar-refractivity contribution is -0.127. The highest BCUT2D eigenvalue weighted by Gasteiger charge is 2.37. The molecule has 2 rings (SSSR count). The van der Waals surface area contributed by atoms with Crippen LogP contribution in [0.3, 0.4) is 0 Å². The molecule has 2 atom stereocenters. The molecule has 1 aliphatic heterocycles. The fourth-order valence-electron chi connectivity index (χ4n) is 2.52. The van der Waals surface area contributed by atoms with E-state index < -0.39 is 6.04 Å². The molecule has 1 fully saturated rings. The van der Waals surface area contributed by atoms with E-state index in [4.69, 9.17) is 0 Å². The van der Waals surface area contributed by atoms with Gasteiger partial charge in [0.25, 0.3) is 0 Å². The maximum Gasteiger partial charge on any atom is 0.247 e. The largest absolute Gasteiger partial charge is 0.394 e. The Morgan fingerprint density at radius 3 is 2.74 bits per heavy atom. The van der Waals surface area contributed by atoms with Crippen LogP contribution in [0.4, 0.5) is 5.69 Å². The first kappa shape index (κ1) is 14.5. The zero-order chi connectivity index (χ0) is 14.2. The number of hydrogen-bond acceptors (Lipinski definition) is 3. The normalized spacial score (nSPS) is 24.9. The number of hydrogen-bond donors (Lipinski definition) is 1. The van der Waals surface area contributed by atoms with Crippen LogP contribution in [0.1, 0.15) is 12.5 Å². The van der Waals surface area contributed by atoms with E-state index >= 15 is 0 Å². The van der Waals surface area contributed by atoms with Crippen LogP contribution in [0.5, 0.6) is 0 Å². The summed E-state index contributed by atoms with van der Waals surface area (Å²) in [6.45, 7) is 4.64. The van der Waals surface area contributed by atoms with E-state index in [1.165, 1.54) is 0 Å². The third-order valence-electron chi connectivity index (χ3n) is 3.65. The number of carbonyl (C=O) groups excluding carboxylic acids is 1. The lowest BCUT2D eigenvalue weighted by Gasteiger charge is -2.42. The molecule has 1 aromatic rings. The molecule has 0 aromatic heterocycles. The molecule has 0 spiro atoms. The first-order valence-corrected chi connectivity index (χ1v) is 7.15. The zero-order valence-corrected chi connectivity index (χ0v) is 13.0. The highest BCUT2D eigenvalue weighted by molar-refractivity contribution is 9.10. The van der Waals surface area contributed by atoms with Crippen molar-refractivity contribution in [3.05, 3.63) is 28.2 Å². The molecule has 0 bridgehead atoms. The summed E-state index contributed by atoms with van der Waals surface area (Å²) >= 11 is 3.50. The topological polar surface area (TPSA) is 43.8 Å². The Kier molecular flexibility index (Phi) is 4.28. The molecular weight excluding hydrogens is 308 g/mol. The Labute approximate surface area is 122 Å². The number of aliphatic hydroxyl groups excluding tert-OH is 1. The zero-order valence-electron chi connectivity index (χ0n) is 11.4. The Hall–Kier alpha value is -0.910. The minimum atomic E-state index is -0.448. The predicted octanol–water partition coefficient (Wildman–Crippen LogP) is 1.79. The van der Waals surface area contributed by atoms with Gasteiger partial charge in [0, 0.05) is 22.7 Å². The first-order chi connectivity index (χ1) is 8.95. The number of rotatable bonds is 2. The van der Waals surface area contributed by atoms with Crippen LogP contribution in [0.2, 0.25) is 0 Å². The molecule has 1 saturated heterocycles. The number of aliphatic hydroxyl groups is 1. The Morgan fingerprint density at radius 1 is 1.47 bits per heavy atom. The summed E-state index contributed by atoms with van der Waals surface area (Å²) in [6.07, 6.45) is 0. The van der Waals surface area contributed by atoms with E-state index in [1.54, 1.807) is 4.90 Å². The highest BCUT2D eigenvalue weighted by Crippen LogP contribution is 2.28. The summed E-state index contributed by atoms with van der Waals surface area (Å²) in [5.74, 6) is -0.0421. The lowest BCUT2D eigenvalue weighted by atomic mass is 10.1. The van der Waals surface area contributed by atoms with Crippen molar-refractivity contribution in [1.82, 2.24) is 4.90 Å². The van der Waals surface area contributed by atoms with Gasteiger partial charge in [-0.25, -0.2) is 0 Å². The summed E-state index contributed by atoms with van der Waals surface area (Å²) in [5, 5.41) is 9.38. The molecule has 1 N–H and O–H groups in total. The smallest absolute Gasteiger partial charge is 0.247 e. The minimum absolute atomic E-state index is 0.0421. The number of likely N-dealkylation sites (N-methyl/N-ethyl adjacent to an activating group) is 1. The predicted molar refractivity (Wildman–Crippen MR) is 79.3 cm³/mol. The molecular formula is C14H19BrN2O2. The van der Waals surface area contributed by atoms with E-state index in [0.717, 1.165) is 22.3 Å². The van der Waals surface area contributed by atoms with E-state index in [1.807, 2.05) is 44.0 Å². The molecule has 1 aromatic carbocycles. The molecule has 0 radical (unpaired) electrons. The van der Waals surface area contributed by atoms with Crippen molar-refractivity contribution >= 4 is 27.5 Å². The average Bonchev–Trinajstić information content (AvgIpc) is 2.33. The SMILES string of the molecule is Cc1ccc(N2C(=O)C(CO)N(C)CC2C)cc1Br. The maximum atomic E-state index is 12.5. The van der Waals surface area contributed by atoms with Gasteiger partial charge in [0.2, 0.25) is 5.91 Å². The van der Waals surface area contributed by atoms with Gasteiger partial charge in [0.15, 0.2) is 0 Å². The number of aryl methyl sites for hydroxylation is 1. The number of benzene rings is 1. The molecule has 1 aliphatic rings. The average molecular weight is 327 g/mol. The molecule has 0 saturated carbocycles. The summed E-state index contributed by atoms with van der Waals surface area (Å²) in [5.41, 5.74) is 2.01. The fraction of sp³-hybridized carbons (Fsp3) is 0.500. The van der Waals surface area contributed by atoms with Gasteiger partial charge in [0.1, 0.15) is 6.04 Å². The van der Waals surface area contributed by atoms with Gasteiger partial charge in [-0.2, -0.15) is 0 Å². The van der Waals surface area contributed by atoms with Crippen LogP contribution in [-0.4, -0.2) is 48.2 Å². The van der Waals surface area contributed by atoms with Gasteiger partial charge in [-0.15, -0.1) is 0 Å². The molecule has 1 heterocycles. The van der Waals surface area contributed by atoms with Crippen LogP contribution in [0, 0.1) is 6.92 Å². The third-order valence-corrected chi connectivity index (χ3v) is 4.51. The molecule has 0 aliphatic carbocycles. The van der Waals surface area contributed by atoms with Crippen LogP contribution >= 0.6 is 15.9 Å². The molecule has 19 heavy (non-hydrogen) atoms. The number of amides is 1. The second kappa shape index (κ2) is 5.61. The number of piperazine rings is 1. The van der Waals surface area contributed by atoms with Gasteiger partial charge in [0.05, 0.1) is 6.61 Å². The summed E-state index contributed by atoms with van der Waals surface area (Å²) < 4.78 is 0.990. The van der Waals surface area contributed by atoms with Crippen molar-refractivity contribution in [3.63, 3.8) is 0 Å². The molecule has 5 heteroatoms. The summed E-state index contributed by atoms with van der Waals surface area (Å²) in [4.78, 5) is 16.2. The first-order valence-electron chi connectivity index (χ1n) is 6.36. The van der Waals surface area contributed by atoms with E-state index in [9.17, 15) is 9.90 Å². The van der Waals surface area contributed by atoms with Crippen LogP contribution < -0.4 is 4.90 Å². The Bertz CT molecular complexity index is 492. The maximum absolute atomic E-state index is 12.5. The second-order valence-corrected chi connectivity index (χ2v) is 5.98. The van der Waals surface area contributed by atoms with Crippen LogP contribution in [-0.2, 0) is 4.79 Å². The lowest BCUT2D eigenvalue weighted by Crippen LogP contribution is -2.61. The van der Waals surface area contributed by atoms with E-state index in [2.05, 4.69) is 15.9 Å². The van der Waals surface area contributed by atoms with Crippen molar-refractivity contribution in [2.45, 2.75) is 25.9 Å². The van der Waals surface area contributed by atoms with Crippen molar-refractivity contribution in [2.75, 3.05) is 25.1 Å². The van der Waals surface area contributed by atoms with Crippen LogP contribution in [0.25, 0.3) is 0 Å². The van der Waals surface area contributed by atoms with Gasteiger partial charge in [-0.1, -0.05) is 22.0 Å². The van der Waals surface area contributed by atoms with Gasteiger partial charge >= 0.3 is 0 Å². The summed E-state index contributed by atoms with van der Waals surface area (Å²) in [7, 11) is 1.87. The monoisotopic (exact) mass is 326 g/mol.